The molecular weight excluding hydrogens is 536 g/mol. The van der Waals surface area contributed by atoms with Gasteiger partial charge in [0.2, 0.25) is 5.91 Å². The fourth-order valence-corrected chi connectivity index (χ4v) is 3.39. The number of guanidine groups is 1. The summed E-state index contributed by atoms with van der Waals surface area (Å²) in [4.78, 5) is 17.8. The number of amides is 1. The van der Waals surface area contributed by atoms with E-state index in [2.05, 4.69) is 20.4 Å². The van der Waals surface area contributed by atoms with E-state index >= 15 is 0 Å². The van der Waals surface area contributed by atoms with Crippen LogP contribution in [0.5, 0.6) is 5.75 Å². The summed E-state index contributed by atoms with van der Waals surface area (Å²) in [5.74, 6) is 0.381. The molecule has 2 aromatic rings. The van der Waals surface area contributed by atoms with Gasteiger partial charge in [-0.2, -0.15) is 0 Å². The molecule has 6 nitrogen and oxygen atoms in total. The van der Waals surface area contributed by atoms with E-state index in [1.54, 1.807) is 19.2 Å². The van der Waals surface area contributed by atoms with Crippen molar-refractivity contribution in [2.24, 2.45) is 4.99 Å². The van der Waals surface area contributed by atoms with Crippen molar-refractivity contribution >= 4 is 35.8 Å². The Hall–Kier alpha value is -2.50. The fourth-order valence-electron chi connectivity index (χ4n) is 3.39. The molecule has 1 heterocycles. The number of nitrogens with zero attached hydrogens (tertiary/aromatic N) is 2. The summed E-state index contributed by atoms with van der Waals surface area (Å²) < 4.78 is 41.8. The van der Waals surface area contributed by atoms with Gasteiger partial charge in [-0.15, -0.1) is 37.1 Å². The summed E-state index contributed by atoms with van der Waals surface area (Å²) in [6.07, 6.45) is -3.24. The lowest BCUT2D eigenvalue weighted by Crippen LogP contribution is -2.36. The number of aliphatic imine (C=N–C) groups is 1. The number of hydrogen-bond donors (Lipinski definition) is 2. The topological polar surface area (TPSA) is 66.0 Å². The average molecular weight is 562 g/mol. The van der Waals surface area contributed by atoms with Crippen molar-refractivity contribution in [1.82, 2.24) is 15.5 Å². The Bertz CT molecular complexity index is 937. The molecule has 1 fully saturated rings. The van der Waals surface area contributed by atoms with Gasteiger partial charge in [-0.1, -0.05) is 42.5 Å². The molecule has 1 amide bonds. The first-order chi connectivity index (χ1) is 14.8. The largest absolute Gasteiger partial charge is 0.573 e. The molecule has 0 bridgehead atoms. The molecular formula is C22H26F3IN4O2. The molecule has 3 rings (SSSR count). The average Bonchev–Trinajstić information content (AvgIpc) is 3.13. The van der Waals surface area contributed by atoms with Gasteiger partial charge in [0, 0.05) is 45.2 Å². The predicted molar refractivity (Wildman–Crippen MR) is 127 cm³/mol. The minimum atomic E-state index is -4.75. The van der Waals surface area contributed by atoms with Crippen LogP contribution in [0.2, 0.25) is 0 Å². The molecule has 1 aliphatic heterocycles. The van der Waals surface area contributed by atoms with Crippen LogP contribution in [0.25, 0.3) is 0 Å². The lowest BCUT2D eigenvalue weighted by molar-refractivity contribution is -0.274. The normalized spacial score (nSPS) is 14.2. The minimum Gasteiger partial charge on any atom is -0.405 e. The Kier molecular flexibility index (Phi) is 9.60. The maximum absolute atomic E-state index is 12.6. The number of nitrogens with one attached hydrogen (secondary N) is 2. The van der Waals surface area contributed by atoms with Crippen LogP contribution in [0.3, 0.4) is 0 Å². The van der Waals surface area contributed by atoms with E-state index in [0.29, 0.717) is 31.0 Å². The number of alkyl halides is 3. The van der Waals surface area contributed by atoms with Gasteiger partial charge >= 0.3 is 6.36 Å². The molecule has 0 aromatic heterocycles. The molecule has 0 spiro atoms. The number of benzene rings is 2. The van der Waals surface area contributed by atoms with E-state index in [4.69, 9.17) is 0 Å². The standard InChI is InChI=1S/C22H25F3N4O2.HI/c1-26-21(28-14-18-8-2-3-9-19(18)31-22(23,24)25)27-13-16-6-4-7-17(12-16)15-29-11-5-10-20(29)30;/h2-4,6-9,12H,5,10-11,13-15H2,1H3,(H2,26,27,28);1H. The highest BCUT2D eigenvalue weighted by molar-refractivity contribution is 14.0. The van der Waals surface area contributed by atoms with Crippen LogP contribution in [-0.2, 0) is 24.4 Å². The number of rotatable bonds is 7. The van der Waals surface area contributed by atoms with Gasteiger partial charge in [0.25, 0.3) is 0 Å². The highest BCUT2D eigenvalue weighted by Gasteiger charge is 2.32. The Morgan fingerprint density at radius 3 is 2.50 bits per heavy atom. The number of para-hydroxylation sites is 1. The van der Waals surface area contributed by atoms with Crippen molar-refractivity contribution in [3.05, 3.63) is 65.2 Å². The molecule has 2 N–H and O–H groups in total. The first-order valence-corrected chi connectivity index (χ1v) is 9.98. The molecule has 10 heteroatoms. The molecule has 0 aliphatic carbocycles. The molecule has 0 unspecified atom stereocenters. The van der Waals surface area contributed by atoms with E-state index in [9.17, 15) is 18.0 Å². The van der Waals surface area contributed by atoms with Gasteiger partial charge in [-0.25, -0.2) is 0 Å². The molecule has 0 radical (unpaired) electrons. The molecule has 1 saturated heterocycles. The smallest absolute Gasteiger partial charge is 0.405 e. The second-order valence-electron chi connectivity index (χ2n) is 7.17. The molecule has 2 aromatic carbocycles. The summed E-state index contributed by atoms with van der Waals surface area (Å²) in [6, 6.07) is 13.9. The second-order valence-corrected chi connectivity index (χ2v) is 7.17. The van der Waals surface area contributed by atoms with Crippen molar-refractivity contribution in [2.75, 3.05) is 13.6 Å². The maximum atomic E-state index is 12.6. The summed E-state index contributed by atoms with van der Waals surface area (Å²) in [5.41, 5.74) is 2.42. The summed E-state index contributed by atoms with van der Waals surface area (Å²) in [6.45, 7) is 1.97. The van der Waals surface area contributed by atoms with Gasteiger partial charge in [0.05, 0.1) is 0 Å². The number of carbonyl (C=O) groups is 1. The Balaban J connectivity index is 0.00000363. The van der Waals surface area contributed by atoms with Gasteiger partial charge in [-0.05, 0) is 23.6 Å². The van der Waals surface area contributed by atoms with E-state index in [1.807, 2.05) is 29.2 Å². The third-order valence-corrected chi connectivity index (χ3v) is 4.86. The number of hydrogen-bond acceptors (Lipinski definition) is 3. The highest BCUT2D eigenvalue weighted by Crippen LogP contribution is 2.26. The predicted octanol–water partition coefficient (Wildman–Crippen LogP) is 4.19. The van der Waals surface area contributed by atoms with Crippen LogP contribution in [0.4, 0.5) is 13.2 Å². The monoisotopic (exact) mass is 562 g/mol. The number of likely N-dealkylation sites (tertiary alicyclic amines) is 1. The van der Waals surface area contributed by atoms with Crippen LogP contribution in [0.15, 0.2) is 53.5 Å². The zero-order valence-electron chi connectivity index (χ0n) is 17.6. The van der Waals surface area contributed by atoms with E-state index in [-0.39, 0.29) is 42.2 Å². The first kappa shape index (κ1) is 25.8. The van der Waals surface area contributed by atoms with Crippen molar-refractivity contribution in [3.8, 4) is 5.75 Å². The third kappa shape index (κ3) is 7.88. The molecule has 174 valence electrons. The minimum absolute atomic E-state index is 0. The Morgan fingerprint density at radius 1 is 1.09 bits per heavy atom. The Labute approximate surface area is 202 Å². The number of halogens is 4. The van der Waals surface area contributed by atoms with Crippen LogP contribution in [0, 0.1) is 0 Å². The second kappa shape index (κ2) is 11.9. The van der Waals surface area contributed by atoms with E-state index in [1.165, 1.54) is 12.1 Å². The number of carbonyl (C=O) groups excluding carboxylic acids is 1. The summed E-state index contributed by atoms with van der Waals surface area (Å²) in [5, 5.41) is 6.15. The molecule has 0 atom stereocenters. The zero-order valence-corrected chi connectivity index (χ0v) is 19.9. The first-order valence-electron chi connectivity index (χ1n) is 9.98. The van der Waals surface area contributed by atoms with Crippen LogP contribution in [-0.4, -0.2) is 36.7 Å². The van der Waals surface area contributed by atoms with Gasteiger partial charge in [0.15, 0.2) is 5.96 Å². The summed E-state index contributed by atoms with van der Waals surface area (Å²) in [7, 11) is 1.59. The lowest BCUT2D eigenvalue weighted by Gasteiger charge is -2.17. The van der Waals surface area contributed by atoms with Crippen LogP contribution < -0.4 is 15.4 Å². The molecule has 32 heavy (non-hydrogen) atoms. The number of ether oxygens (including phenoxy) is 1. The highest BCUT2D eigenvalue weighted by atomic mass is 127. The zero-order chi connectivity index (χ0) is 22.3. The van der Waals surface area contributed by atoms with Crippen LogP contribution in [0.1, 0.15) is 29.5 Å². The van der Waals surface area contributed by atoms with Crippen molar-refractivity contribution in [3.63, 3.8) is 0 Å². The van der Waals surface area contributed by atoms with Gasteiger partial charge in [-0.3, -0.25) is 9.79 Å². The van der Waals surface area contributed by atoms with Crippen molar-refractivity contribution in [2.45, 2.75) is 38.8 Å². The third-order valence-electron chi connectivity index (χ3n) is 4.86. The lowest BCUT2D eigenvalue weighted by atomic mass is 10.1. The molecule has 0 saturated carbocycles. The van der Waals surface area contributed by atoms with Gasteiger partial charge in [0.1, 0.15) is 5.75 Å². The SMILES string of the molecule is CN=C(NCc1cccc(CN2CCCC2=O)c1)NCc1ccccc1OC(F)(F)F.I. The van der Waals surface area contributed by atoms with Gasteiger partial charge < -0.3 is 20.3 Å². The van der Waals surface area contributed by atoms with E-state index < -0.39 is 6.36 Å². The van der Waals surface area contributed by atoms with E-state index in [0.717, 1.165) is 24.1 Å². The quantitative estimate of drug-likeness (QED) is 0.302. The van der Waals surface area contributed by atoms with Crippen molar-refractivity contribution < 1.29 is 22.7 Å². The van der Waals surface area contributed by atoms with Crippen LogP contribution >= 0.6 is 24.0 Å². The summed E-state index contributed by atoms with van der Waals surface area (Å²) >= 11 is 0. The molecule has 1 aliphatic rings. The van der Waals surface area contributed by atoms with Crippen molar-refractivity contribution in [1.29, 1.82) is 0 Å². The maximum Gasteiger partial charge on any atom is 0.573 e. The fraction of sp³-hybridized carbons (Fsp3) is 0.364. The Morgan fingerprint density at radius 2 is 1.81 bits per heavy atom.